The van der Waals surface area contributed by atoms with Crippen LogP contribution in [0.4, 0.5) is 11.6 Å². The monoisotopic (exact) mass is 291 g/mol. The first kappa shape index (κ1) is 14.9. The van der Waals surface area contributed by atoms with Crippen molar-refractivity contribution >= 4 is 17.5 Å². The Morgan fingerprint density at radius 2 is 2.19 bits per heavy atom. The van der Waals surface area contributed by atoms with E-state index >= 15 is 0 Å². The fourth-order valence-electron chi connectivity index (χ4n) is 1.59. The topological polar surface area (TPSA) is 102 Å². The molecule has 8 heteroatoms. The van der Waals surface area contributed by atoms with Crippen molar-refractivity contribution in [3.63, 3.8) is 0 Å². The average molecular weight is 291 g/mol. The molecular formula is C13H17N5O3. The second-order valence-electron chi connectivity index (χ2n) is 4.35. The van der Waals surface area contributed by atoms with Crippen molar-refractivity contribution < 1.29 is 14.1 Å². The third-order valence-corrected chi connectivity index (χ3v) is 2.60. The van der Waals surface area contributed by atoms with Crippen molar-refractivity contribution in [1.29, 1.82) is 0 Å². The second kappa shape index (κ2) is 7.34. The van der Waals surface area contributed by atoms with Crippen LogP contribution in [0.15, 0.2) is 22.7 Å². The summed E-state index contributed by atoms with van der Waals surface area (Å²) in [5, 5.41) is 17.1. The summed E-state index contributed by atoms with van der Waals surface area (Å²) in [6, 6.07) is 4.91. The van der Waals surface area contributed by atoms with Crippen molar-refractivity contribution in [3.8, 4) is 0 Å². The van der Waals surface area contributed by atoms with Gasteiger partial charge in [-0.1, -0.05) is 5.16 Å². The first-order valence-corrected chi connectivity index (χ1v) is 6.50. The van der Waals surface area contributed by atoms with Crippen molar-refractivity contribution in [1.82, 2.24) is 15.4 Å². The number of hydrogen-bond donors (Lipinski definition) is 2. The highest BCUT2D eigenvalue weighted by Crippen LogP contribution is 2.09. The summed E-state index contributed by atoms with van der Waals surface area (Å²) < 4.78 is 9.81. The van der Waals surface area contributed by atoms with Crippen LogP contribution in [0.25, 0.3) is 0 Å². The number of hydrogen-bond acceptors (Lipinski definition) is 7. The maximum atomic E-state index is 11.9. The molecule has 0 fully saturated rings. The number of methoxy groups -OCH3 is 1. The van der Waals surface area contributed by atoms with Gasteiger partial charge in [0.25, 0.3) is 5.91 Å². The lowest BCUT2D eigenvalue weighted by Crippen LogP contribution is -2.15. The lowest BCUT2D eigenvalue weighted by Gasteiger charge is -2.05. The van der Waals surface area contributed by atoms with Gasteiger partial charge in [-0.3, -0.25) is 4.79 Å². The number of nitrogens with zero attached hydrogens (tertiary/aromatic N) is 3. The van der Waals surface area contributed by atoms with Crippen LogP contribution >= 0.6 is 0 Å². The number of aromatic nitrogens is 3. The van der Waals surface area contributed by atoms with Crippen LogP contribution in [0.2, 0.25) is 0 Å². The van der Waals surface area contributed by atoms with Crippen LogP contribution in [0, 0.1) is 6.92 Å². The molecule has 1 amide bonds. The zero-order chi connectivity index (χ0) is 15.1. The predicted octanol–water partition coefficient (Wildman–Crippen LogP) is 1.47. The minimum absolute atomic E-state index is 0.207. The number of carbonyl (C=O) groups excluding carboxylic acids is 1. The van der Waals surface area contributed by atoms with E-state index in [0.717, 1.165) is 13.0 Å². The molecule has 0 atom stereocenters. The number of carbonyl (C=O) groups is 1. The van der Waals surface area contributed by atoms with Gasteiger partial charge in [-0.2, -0.15) is 0 Å². The number of rotatable bonds is 7. The molecule has 21 heavy (non-hydrogen) atoms. The lowest BCUT2D eigenvalue weighted by atomic mass is 10.3. The molecule has 0 saturated heterocycles. The van der Waals surface area contributed by atoms with Gasteiger partial charge in [0.1, 0.15) is 11.6 Å². The molecule has 0 aliphatic carbocycles. The number of nitrogens with one attached hydrogen (secondary N) is 2. The van der Waals surface area contributed by atoms with E-state index in [1.807, 2.05) is 0 Å². The Bertz CT molecular complexity index is 582. The van der Waals surface area contributed by atoms with Crippen molar-refractivity contribution in [2.75, 3.05) is 30.9 Å². The van der Waals surface area contributed by atoms with Crippen LogP contribution < -0.4 is 10.6 Å². The Balaban J connectivity index is 1.87. The van der Waals surface area contributed by atoms with Gasteiger partial charge in [0, 0.05) is 26.3 Å². The zero-order valence-electron chi connectivity index (χ0n) is 11.9. The predicted molar refractivity (Wildman–Crippen MR) is 76.2 cm³/mol. The quantitative estimate of drug-likeness (QED) is 0.745. The fourth-order valence-corrected chi connectivity index (χ4v) is 1.59. The van der Waals surface area contributed by atoms with Gasteiger partial charge in [-0.25, -0.2) is 0 Å². The maximum Gasteiger partial charge on any atom is 0.277 e. The highest BCUT2D eigenvalue weighted by molar-refractivity contribution is 6.02. The molecule has 0 aliphatic heterocycles. The normalized spacial score (nSPS) is 10.4. The molecular weight excluding hydrogens is 274 g/mol. The Kier molecular flexibility index (Phi) is 5.22. The molecule has 0 unspecified atom stereocenters. The first-order chi connectivity index (χ1) is 10.2. The van der Waals surface area contributed by atoms with Gasteiger partial charge in [-0.15, -0.1) is 10.2 Å². The van der Waals surface area contributed by atoms with Crippen molar-refractivity contribution in [3.05, 3.63) is 29.7 Å². The first-order valence-electron chi connectivity index (χ1n) is 6.50. The van der Waals surface area contributed by atoms with Crippen molar-refractivity contribution in [2.45, 2.75) is 13.3 Å². The van der Waals surface area contributed by atoms with Crippen LogP contribution in [-0.2, 0) is 4.74 Å². The standard InChI is InChI=1S/C13H17N5O3/c1-9-8-12(18-21-9)15-13(19)10-4-5-11(17-16-10)14-6-3-7-20-2/h4-5,8H,3,6-7H2,1-2H3,(H,14,17)(H,15,18,19). The molecule has 2 N–H and O–H groups in total. The summed E-state index contributed by atoms with van der Waals surface area (Å²) in [5.74, 6) is 1.19. The summed E-state index contributed by atoms with van der Waals surface area (Å²) in [7, 11) is 1.66. The highest BCUT2D eigenvalue weighted by atomic mass is 16.5. The fraction of sp³-hybridized carbons (Fsp3) is 0.385. The Labute approximate surface area is 121 Å². The molecule has 2 aromatic rings. The Morgan fingerprint density at radius 1 is 1.33 bits per heavy atom. The summed E-state index contributed by atoms with van der Waals surface area (Å²) in [4.78, 5) is 11.9. The molecule has 0 bridgehead atoms. The van der Waals surface area contributed by atoms with Gasteiger partial charge in [0.15, 0.2) is 11.5 Å². The minimum atomic E-state index is -0.387. The summed E-state index contributed by atoms with van der Waals surface area (Å²) >= 11 is 0. The molecule has 0 saturated carbocycles. The third kappa shape index (κ3) is 4.53. The molecule has 0 aromatic carbocycles. The maximum absolute atomic E-state index is 11.9. The van der Waals surface area contributed by atoms with Gasteiger partial charge in [0.05, 0.1) is 0 Å². The molecule has 8 nitrogen and oxygen atoms in total. The van der Waals surface area contributed by atoms with Crippen LogP contribution in [0.1, 0.15) is 22.7 Å². The zero-order valence-corrected chi connectivity index (χ0v) is 11.9. The molecule has 112 valence electrons. The van der Waals surface area contributed by atoms with Gasteiger partial charge in [-0.05, 0) is 25.5 Å². The summed E-state index contributed by atoms with van der Waals surface area (Å²) in [6.45, 7) is 3.15. The summed E-state index contributed by atoms with van der Waals surface area (Å²) in [5.41, 5.74) is 0.207. The SMILES string of the molecule is COCCCNc1ccc(C(=O)Nc2cc(C)on2)nn1. The van der Waals surface area contributed by atoms with E-state index in [-0.39, 0.29) is 11.6 Å². The Hall–Kier alpha value is -2.48. The van der Waals surface area contributed by atoms with E-state index < -0.39 is 0 Å². The van der Waals surface area contributed by atoms with Gasteiger partial charge in [0.2, 0.25) is 0 Å². The lowest BCUT2D eigenvalue weighted by molar-refractivity contribution is 0.102. The minimum Gasteiger partial charge on any atom is -0.385 e. The smallest absolute Gasteiger partial charge is 0.277 e. The van der Waals surface area contributed by atoms with E-state index in [0.29, 0.717) is 24.0 Å². The van der Waals surface area contributed by atoms with E-state index in [1.165, 1.54) is 0 Å². The van der Waals surface area contributed by atoms with Crippen LogP contribution in [0.5, 0.6) is 0 Å². The van der Waals surface area contributed by atoms with E-state index in [4.69, 9.17) is 9.26 Å². The molecule has 2 heterocycles. The van der Waals surface area contributed by atoms with Crippen molar-refractivity contribution in [2.24, 2.45) is 0 Å². The van der Waals surface area contributed by atoms with E-state index in [2.05, 4.69) is 26.0 Å². The van der Waals surface area contributed by atoms with Gasteiger partial charge >= 0.3 is 0 Å². The average Bonchev–Trinajstić information content (AvgIpc) is 2.89. The number of ether oxygens (including phenoxy) is 1. The number of anilines is 2. The number of aryl methyl sites for hydroxylation is 1. The van der Waals surface area contributed by atoms with Crippen LogP contribution in [-0.4, -0.2) is 41.5 Å². The van der Waals surface area contributed by atoms with E-state index in [9.17, 15) is 4.79 Å². The van der Waals surface area contributed by atoms with E-state index in [1.54, 1.807) is 32.2 Å². The molecule has 0 radical (unpaired) electrons. The third-order valence-electron chi connectivity index (χ3n) is 2.60. The molecule has 2 aromatic heterocycles. The summed E-state index contributed by atoms with van der Waals surface area (Å²) in [6.07, 6.45) is 0.867. The molecule has 0 aliphatic rings. The second-order valence-corrected chi connectivity index (χ2v) is 4.35. The highest BCUT2D eigenvalue weighted by Gasteiger charge is 2.10. The Morgan fingerprint density at radius 3 is 2.81 bits per heavy atom. The largest absolute Gasteiger partial charge is 0.385 e. The van der Waals surface area contributed by atoms with Crippen LogP contribution in [0.3, 0.4) is 0 Å². The van der Waals surface area contributed by atoms with Gasteiger partial charge < -0.3 is 19.9 Å². The number of amides is 1. The molecule has 0 spiro atoms. The molecule has 2 rings (SSSR count).